The zero-order chi connectivity index (χ0) is 18.8. The molecule has 0 fully saturated rings. The molecule has 0 saturated carbocycles. The predicted octanol–water partition coefficient (Wildman–Crippen LogP) is 5.52. The molecular formula is C26H20PS+. The molecular weight excluding hydrogens is 375 g/mol. The van der Waals surface area contributed by atoms with Gasteiger partial charge in [0.2, 0.25) is 0 Å². The van der Waals surface area contributed by atoms with Crippen LogP contribution in [0.2, 0.25) is 0 Å². The Morgan fingerprint density at radius 3 is 1.46 bits per heavy atom. The van der Waals surface area contributed by atoms with Crippen LogP contribution in [0, 0.1) is 0 Å². The van der Waals surface area contributed by atoms with Crippen molar-refractivity contribution in [2.45, 2.75) is 0 Å². The normalized spacial score (nSPS) is 11.6. The van der Waals surface area contributed by atoms with Crippen LogP contribution < -0.4 is 21.2 Å². The number of thiophene rings is 1. The third-order valence-corrected chi connectivity index (χ3v) is 10.5. The van der Waals surface area contributed by atoms with Gasteiger partial charge in [0, 0.05) is 10.1 Å². The van der Waals surface area contributed by atoms with Gasteiger partial charge >= 0.3 is 0 Å². The van der Waals surface area contributed by atoms with Crippen molar-refractivity contribution in [2.24, 2.45) is 0 Å². The van der Waals surface area contributed by atoms with E-state index in [-0.39, 0.29) is 0 Å². The Hall–Kier alpha value is -2.73. The van der Waals surface area contributed by atoms with Crippen LogP contribution in [0.4, 0.5) is 0 Å². The van der Waals surface area contributed by atoms with Gasteiger partial charge in [-0.1, -0.05) is 60.7 Å². The molecule has 4 aromatic carbocycles. The Kier molecular flexibility index (Phi) is 4.56. The molecule has 0 radical (unpaired) electrons. The average Bonchev–Trinajstić information content (AvgIpc) is 3.26. The molecule has 0 spiro atoms. The Labute approximate surface area is 170 Å². The molecule has 0 bridgehead atoms. The van der Waals surface area contributed by atoms with E-state index in [1.807, 2.05) is 11.3 Å². The molecule has 134 valence electrons. The number of hydrogen-bond acceptors (Lipinski definition) is 1. The Bertz CT molecular complexity index is 1100. The van der Waals surface area contributed by atoms with E-state index in [9.17, 15) is 0 Å². The summed E-state index contributed by atoms with van der Waals surface area (Å²) < 4.78 is 1.35. The molecule has 0 aliphatic rings. The van der Waals surface area contributed by atoms with Gasteiger partial charge in [-0.05, 0) is 60.0 Å². The molecule has 0 unspecified atom stereocenters. The van der Waals surface area contributed by atoms with Crippen molar-refractivity contribution in [2.75, 3.05) is 0 Å². The second-order valence-corrected chi connectivity index (χ2v) is 11.1. The van der Waals surface area contributed by atoms with Crippen LogP contribution in [0.15, 0.2) is 121 Å². The van der Waals surface area contributed by atoms with Gasteiger partial charge in [0.25, 0.3) is 0 Å². The van der Waals surface area contributed by atoms with Gasteiger partial charge in [-0.15, -0.1) is 11.3 Å². The van der Waals surface area contributed by atoms with E-state index in [0.29, 0.717) is 0 Å². The van der Waals surface area contributed by atoms with Gasteiger partial charge in [-0.3, -0.25) is 0 Å². The zero-order valence-corrected chi connectivity index (χ0v) is 17.1. The summed E-state index contributed by atoms with van der Waals surface area (Å²) >= 11 is 1.82. The summed E-state index contributed by atoms with van der Waals surface area (Å²) in [5, 5.41) is 9.21. The predicted molar refractivity (Wildman–Crippen MR) is 127 cm³/mol. The smallest absolute Gasteiger partial charge is 0.144 e. The molecule has 0 atom stereocenters. The quantitative estimate of drug-likeness (QED) is 0.352. The van der Waals surface area contributed by atoms with Crippen LogP contribution in [-0.2, 0) is 0 Å². The topological polar surface area (TPSA) is 0 Å². The van der Waals surface area contributed by atoms with Crippen molar-refractivity contribution >= 4 is 49.9 Å². The highest BCUT2D eigenvalue weighted by molar-refractivity contribution is 8.01. The highest BCUT2D eigenvalue weighted by atomic mass is 32.1. The van der Waals surface area contributed by atoms with Gasteiger partial charge in [0.15, 0.2) is 0 Å². The average molecular weight is 395 g/mol. The third kappa shape index (κ3) is 2.71. The molecule has 1 aromatic heterocycles. The van der Waals surface area contributed by atoms with Gasteiger partial charge in [0.1, 0.15) is 28.5 Å². The first-order chi connectivity index (χ1) is 13.9. The van der Waals surface area contributed by atoms with Crippen LogP contribution in [0.5, 0.6) is 0 Å². The number of benzene rings is 4. The lowest BCUT2D eigenvalue weighted by Gasteiger charge is -2.28. The zero-order valence-electron chi connectivity index (χ0n) is 15.4. The largest absolute Gasteiger partial charge is 0.144 e. The molecule has 5 rings (SSSR count). The highest BCUT2D eigenvalue weighted by Gasteiger charge is 2.48. The number of rotatable bonds is 4. The van der Waals surface area contributed by atoms with E-state index in [0.717, 1.165) is 0 Å². The summed E-state index contributed by atoms with van der Waals surface area (Å²) in [5.74, 6) is 0. The van der Waals surface area contributed by atoms with Crippen LogP contribution >= 0.6 is 18.6 Å². The summed E-state index contributed by atoms with van der Waals surface area (Å²) in [6.07, 6.45) is 0. The van der Waals surface area contributed by atoms with Gasteiger partial charge in [0.05, 0.1) is 0 Å². The highest BCUT2D eigenvalue weighted by Crippen LogP contribution is 2.55. The van der Waals surface area contributed by atoms with Gasteiger partial charge in [-0.25, -0.2) is 0 Å². The fraction of sp³-hybridized carbons (Fsp3) is 0. The maximum atomic E-state index is 2.34. The lowest BCUT2D eigenvalue weighted by molar-refractivity contribution is 1.72. The van der Waals surface area contributed by atoms with Crippen molar-refractivity contribution in [1.82, 2.24) is 0 Å². The molecule has 2 heteroatoms. The fourth-order valence-corrected chi connectivity index (χ4v) is 9.43. The SMILES string of the molecule is c1ccc([P+](c2ccccc2)(c2ccccc2)c2cccc3sccc23)cc1. The van der Waals surface area contributed by atoms with E-state index in [1.165, 1.54) is 31.3 Å². The van der Waals surface area contributed by atoms with Gasteiger partial charge < -0.3 is 0 Å². The van der Waals surface area contributed by atoms with Crippen LogP contribution in [0.25, 0.3) is 10.1 Å². The third-order valence-electron chi connectivity index (χ3n) is 5.26. The van der Waals surface area contributed by atoms with E-state index in [2.05, 4.69) is 121 Å². The van der Waals surface area contributed by atoms with E-state index in [4.69, 9.17) is 0 Å². The maximum Gasteiger partial charge on any atom is 0.144 e. The fourth-order valence-electron chi connectivity index (χ4n) is 4.09. The first-order valence-electron chi connectivity index (χ1n) is 9.43. The summed E-state index contributed by atoms with van der Waals surface area (Å²) in [5.41, 5.74) is 0. The van der Waals surface area contributed by atoms with Crippen LogP contribution in [-0.4, -0.2) is 0 Å². The van der Waals surface area contributed by atoms with Crippen molar-refractivity contribution < 1.29 is 0 Å². The molecule has 0 aliphatic heterocycles. The van der Waals surface area contributed by atoms with Crippen LogP contribution in [0.3, 0.4) is 0 Å². The van der Waals surface area contributed by atoms with Crippen molar-refractivity contribution in [3.63, 3.8) is 0 Å². The molecule has 0 amide bonds. The lowest BCUT2D eigenvalue weighted by atomic mass is 10.3. The Balaban J connectivity index is 1.98. The Morgan fingerprint density at radius 1 is 0.464 bits per heavy atom. The minimum absolute atomic E-state index is 1.35. The Morgan fingerprint density at radius 2 is 0.964 bits per heavy atom. The van der Waals surface area contributed by atoms with Crippen molar-refractivity contribution in [3.8, 4) is 0 Å². The molecule has 0 N–H and O–H groups in total. The molecule has 5 aromatic rings. The molecule has 28 heavy (non-hydrogen) atoms. The second-order valence-electron chi connectivity index (χ2n) is 6.79. The lowest BCUT2D eigenvalue weighted by Crippen LogP contribution is -2.38. The van der Waals surface area contributed by atoms with Crippen LogP contribution in [0.1, 0.15) is 0 Å². The second kappa shape index (κ2) is 7.36. The van der Waals surface area contributed by atoms with E-state index < -0.39 is 7.26 Å². The number of fused-ring (bicyclic) bond motifs is 1. The first kappa shape index (κ1) is 17.4. The summed E-state index contributed by atoms with van der Waals surface area (Å²) in [7, 11) is -2.01. The monoisotopic (exact) mass is 395 g/mol. The molecule has 0 nitrogen and oxygen atoms in total. The molecule has 1 heterocycles. The summed E-state index contributed by atoms with van der Waals surface area (Å²) in [6.45, 7) is 0. The minimum atomic E-state index is -2.01. The minimum Gasteiger partial charge on any atom is -0.144 e. The van der Waals surface area contributed by atoms with E-state index in [1.54, 1.807) is 0 Å². The summed E-state index contributed by atoms with van der Waals surface area (Å²) in [4.78, 5) is 0. The summed E-state index contributed by atoms with van der Waals surface area (Å²) in [6, 6.07) is 42.3. The molecule has 0 saturated heterocycles. The first-order valence-corrected chi connectivity index (χ1v) is 12.1. The molecule has 0 aliphatic carbocycles. The van der Waals surface area contributed by atoms with Crippen molar-refractivity contribution in [1.29, 1.82) is 0 Å². The standard InChI is InChI=1S/C26H20PS/c1-4-11-21(12-5-1)27(22-13-6-2-7-14-22,23-15-8-3-9-16-23)25-17-10-18-26-24(25)19-20-28-26/h1-20H/q+1. The van der Waals surface area contributed by atoms with Crippen molar-refractivity contribution in [3.05, 3.63) is 121 Å². The van der Waals surface area contributed by atoms with E-state index >= 15 is 0 Å². The van der Waals surface area contributed by atoms with Gasteiger partial charge in [-0.2, -0.15) is 0 Å². The maximum absolute atomic E-state index is 2.34. The number of hydrogen-bond donors (Lipinski definition) is 0.